The summed E-state index contributed by atoms with van der Waals surface area (Å²) in [5.41, 5.74) is 0. The Morgan fingerprint density at radius 1 is 0.369 bits per heavy atom. The topological polar surface area (TPSA) is 286 Å². The van der Waals surface area contributed by atoms with Crippen molar-refractivity contribution in [2.24, 2.45) is 0 Å². The first-order chi connectivity index (χ1) is 31.6. The minimum absolute atomic E-state index is 0.0250. The van der Waals surface area contributed by atoms with Gasteiger partial charge in [0.05, 0.1) is 171 Å². The van der Waals surface area contributed by atoms with Crippen LogP contribution in [0.4, 0.5) is 0 Å². The maximum atomic E-state index is 13.0. The van der Waals surface area contributed by atoms with Crippen LogP contribution in [0.15, 0.2) is 0 Å². The first-order valence-electron chi connectivity index (χ1n) is 21.6. The van der Waals surface area contributed by atoms with Gasteiger partial charge >= 0.3 is 17.9 Å². The Balaban J connectivity index is 1.49. The van der Waals surface area contributed by atoms with E-state index in [1.54, 1.807) is 4.90 Å². The van der Waals surface area contributed by atoms with Crippen LogP contribution in [0.3, 0.4) is 0 Å². The Morgan fingerprint density at radius 3 is 0.908 bits per heavy atom. The van der Waals surface area contributed by atoms with Crippen molar-refractivity contribution in [3.8, 4) is 0 Å². The highest BCUT2D eigenvalue weighted by molar-refractivity contribution is 6.02. The number of aliphatic carboxylic acids is 1. The molecule has 0 unspecified atom stereocenters. The van der Waals surface area contributed by atoms with Gasteiger partial charge in [0.25, 0.3) is 23.6 Å². The molecule has 0 radical (unpaired) electrons. The quantitative estimate of drug-likeness (QED) is 0.0558. The molecule has 2 saturated heterocycles. The Hall–Kier alpha value is -4.28. The third kappa shape index (κ3) is 29.8. The lowest BCUT2D eigenvalue weighted by atomic mass is 10.3. The van der Waals surface area contributed by atoms with Crippen molar-refractivity contribution in [2.75, 3.05) is 158 Å². The lowest BCUT2D eigenvalue weighted by Gasteiger charge is -2.23. The van der Waals surface area contributed by atoms with E-state index in [0.717, 1.165) is 0 Å². The van der Waals surface area contributed by atoms with Crippen LogP contribution in [0.2, 0.25) is 0 Å². The SMILES string of the molecule is O=C(O)CCOCCOCCOCCC(=O)N(CCOCCOCCOCCOCCC(=O)ON1C(=O)CCC1=O)CCOCCOCCOCCOCCC(=O)ON1C(=O)CCC1=O. The van der Waals surface area contributed by atoms with Crippen LogP contribution in [0, 0.1) is 0 Å². The lowest BCUT2D eigenvalue weighted by molar-refractivity contribution is -0.198. The van der Waals surface area contributed by atoms with Gasteiger partial charge in [0.1, 0.15) is 0 Å². The van der Waals surface area contributed by atoms with Gasteiger partial charge in [0, 0.05) is 38.8 Å². The number of carboxylic acid groups (broad SMARTS) is 1. The lowest BCUT2D eigenvalue weighted by Crippen LogP contribution is -2.37. The highest BCUT2D eigenvalue weighted by Crippen LogP contribution is 2.13. The molecule has 0 aromatic rings. The van der Waals surface area contributed by atoms with Crippen LogP contribution in [-0.4, -0.2) is 226 Å². The zero-order valence-corrected chi connectivity index (χ0v) is 37.0. The van der Waals surface area contributed by atoms with Gasteiger partial charge in [-0.25, -0.2) is 9.59 Å². The summed E-state index contributed by atoms with van der Waals surface area (Å²) in [5, 5.41) is 9.60. The second kappa shape index (κ2) is 37.9. The monoisotopic (exact) mass is 939 g/mol. The smallest absolute Gasteiger partial charge is 0.335 e. The van der Waals surface area contributed by atoms with Crippen LogP contribution in [-0.2, 0) is 100 Å². The predicted octanol–water partition coefficient (Wildman–Crippen LogP) is -1.14. The number of ether oxygens (including phenoxy) is 11. The van der Waals surface area contributed by atoms with E-state index < -0.39 is 41.5 Å². The zero-order chi connectivity index (χ0) is 47.2. The van der Waals surface area contributed by atoms with Gasteiger partial charge in [-0.2, -0.15) is 0 Å². The number of hydrogen-bond acceptors (Lipinski definition) is 21. The van der Waals surface area contributed by atoms with Crippen molar-refractivity contribution in [1.29, 1.82) is 0 Å². The predicted molar refractivity (Wildman–Crippen MR) is 216 cm³/mol. The van der Waals surface area contributed by atoms with E-state index in [1.807, 2.05) is 0 Å². The molecule has 0 spiro atoms. The summed E-state index contributed by atoms with van der Waals surface area (Å²) >= 11 is 0. The van der Waals surface area contributed by atoms with E-state index in [-0.39, 0.29) is 156 Å². The summed E-state index contributed by atoms with van der Waals surface area (Å²) < 4.78 is 59.9. The molecule has 0 bridgehead atoms. The number of hydroxylamine groups is 4. The van der Waals surface area contributed by atoms with Gasteiger partial charge in [-0.05, 0) is 0 Å². The van der Waals surface area contributed by atoms with Crippen LogP contribution in [0.5, 0.6) is 0 Å². The number of rotatable bonds is 44. The highest BCUT2D eigenvalue weighted by Gasteiger charge is 2.33. The minimum atomic E-state index is -0.932. The van der Waals surface area contributed by atoms with E-state index in [2.05, 4.69) is 0 Å². The van der Waals surface area contributed by atoms with Crippen LogP contribution < -0.4 is 0 Å². The average Bonchev–Trinajstić information content (AvgIpc) is 3.77. The number of amides is 5. The van der Waals surface area contributed by atoms with E-state index >= 15 is 0 Å². The molecule has 5 amide bonds. The molecule has 0 saturated carbocycles. The minimum Gasteiger partial charge on any atom is -0.481 e. The molecule has 25 heteroatoms. The summed E-state index contributed by atoms with van der Waals surface area (Å²) in [5.74, 6) is -4.73. The van der Waals surface area contributed by atoms with Crippen molar-refractivity contribution >= 4 is 47.4 Å². The maximum absolute atomic E-state index is 13.0. The fraction of sp³-hybridized carbons (Fsp3) is 0.800. The number of carbonyl (C=O) groups excluding carboxylic acids is 7. The second-order valence-corrected chi connectivity index (χ2v) is 13.6. The van der Waals surface area contributed by atoms with Gasteiger partial charge in [-0.15, -0.1) is 10.1 Å². The van der Waals surface area contributed by atoms with E-state index in [9.17, 15) is 38.4 Å². The Kier molecular flexibility index (Phi) is 33.1. The summed E-state index contributed by atoms with van der Waals surface area (Å²) in [7, 11) is 0. The first kappa shape index (κ1) is 56.8. The molecule has 2 rings (SSSR count). The third-order valence-electron chi connectivity index (χ3n) is 8.56. The number of carboxylic acids is 1. The largest absolute Gasteiger partial charge is 0.481 e. The molecule has 25 nitrogen and oxygen atoms in total. The highest BCUT2D eigenvalue weighted by atomic mass is 16.7. The number of imide groups is 2. The van der Waals surface area contributed by atoms with Crippen LogP contribution in [0.25, 0.3) is 0 Å². The maximum Gasteiger partial charge on any atom is 0.335 e. The number of nitrogens with zero attached hydrogens (tertiary/aromatic N) is 3. The Morgan fingerprint density at radius 2 is 0.615 bits per heavy atom. The van der Waals surface area contributed by atoms with Gasteiger partial charge < -0.3 is 71.8 Å². The van der Waals surface area contributed by atoms with E-state index in [4.69, 9.17) is 66.9 Å². The van der Waals surface area contributed by atoms with E-state index in [1.165, 1.54) is 0 Å². The molecular formula is C40H65N3O22. The molecule has 2 fully saturated rings. The Bertz CT molecular complexity index is 1290. The van der Waals surface area contributed by atoms with Gasteiger partial charge in [-0.1, -0.05) is 0 Å². The van der Waals surface area contributed by atoms with Crippen molar-refractivity contribution in [1.82, 2.24) is 15.0 Å². The summed E-state index contributed by atoms with van der Waals surface area (Å²) in [4.78, 5) is 104. The summed E-state index contributed by atoms with van der Waals surface area (Å²) in [6.45, 7) is 6.01. The average molecular weight is 940 g/mol. The Labute approximate surface area is 377 Å². The fourth-order valence-electron chi connectivity index (χ4n) is 5.17. The van der Waals surface area contributed by atoms with Crippen molar-refractivity contribution in [3.63, 3.8) is 0 Å². The molecular weight excluding hydrogens is 874 g/mol. The molecule has 2 heterocycles. The molecule has 0 aromatic heterocycles. The second-order valence-electron chi connectivity index (χ2n) is 13.6. The number of hydrogen-bond donors (Lipinski definition) is 1. The van der Waals surface area contributed by atoms with Crippen molar-refractivity contribution < 1.29 is 105 Å². The molecule has 1 N–H and O–H groups in total. The molecule has 0 aromatic carbocycles. The van der Waals surface area contributed by atoms with E-state index in [0.29, 0.717) is 69.5 Å². The summed E-state index contributed by atoms with van der Waals surface area (Å²) in [6.07, 6.45) is -0.0913. The first-order valence-corrected chi connectivity index (χ1v) is 21.6. The zero-order valence-electron chi connectivity index (χ0n) is 37.0. The van der Waals surface area contributed by atoms with Gasteiger partial charge in [-0.3, -0.25) is 28.8 Å². The molecule has 0 atom stereocenters. The molecule has 0 aliphatic carbocycles. The summed E-state index contributed by atoms with van der Waals surface area (Å²) in [6, 6.07) is 0. The fourth-order valence-corrected chi connectivity index (χ4v) is 5.17. The third-order valence-corrected chi connectivity index (χ3v) is 8.56. The van der Waals surface area contributed by atoms with Gasteiger partial charge in [0.2, 0.25) is 5.91 Å². The standard InChI is InChI=1S/C40H65N3O22/c44-33(5-11-53-17-23-59-24-18-54-12-6-38(49)50)41(9-15-57-21-27-62-31-29-60-25-19-55-13-7-39(51)64-42-34(45)1-2-35(42)46)10-16-58-22-28-63-32-30-61-26-20-56-14-8-40(52)65-43-36(47)3-4-37(43)48/h1-32H2,(H,49,50). The molecule has 372 valence electrons. The molecule has 2 aliphatic rings. The molecule has 2 aliphatic heterocycles. The molecule has 65 heavy (non-hydrogen) atoms. The van der Waals surface area contributed by atoms with Crippen molar-refractivity contribution in [2.45, 2.75) is 51.4 Å². The van der Waals surface area contributed by atoms with Gasteiger partial charge in [0.15, 0.2) is 0 Å². The van der Waals surface area contributed by atoms with Crippen LogP contribution in [0.1, 0.15) is 51.4 Å². The normalized spacial score (nSPS) is 13.9. The van der Waals surface area contributed by atoms with Crippen molar-refractivity contribution in [3.05, 3.63) is 0 Å². The van der Waals surface area contributed by atoms with Crippen LogP contribution >= 0.6 is 0 Å². The number of carbonyl (C=O) groups is 8.